The van der Waals surface area contributed by atoms with Gasteiger partial charge in [-0.05, 0) is 36.9 Å². The molecule has 0 saturated heterocycles. The van der Waals surface area contributed by atoms with Crippen LogP contribution in [0.1, 0.15) is 16.1 Å². The summed E-state index contributed by atoms with van der Waals surface area (Å²) in [6, 6.07) is 5.75. The van der Waals surface area contributed by atoms with Crippen molar-refractivity contribution in [2.24, 2.45) is 0 Å². The summed E-state index contributed by atoms with van der Waals surface area (Å²) in [5.41, 5.74) is 0.871. The first-order valence-electron chi connectivity index (χ1n) is 5.85. The van der Waals surface area contributed by atoms with Crippen LogP contribution in [0, 0.1) is 17.0 Å². The number of methoxy groups -OCH3 is 1. The Balaban J connectivity index is 2.43. The molecule has 0 amide bonds. The van der Waals surface area contributed by atoms with E-state index in [1.165, 1.54) is 25.3 Å². The van der Waals surface area contributed by atoms with E-state index in [1.54, 1.807) is 19.2 Å². The summed E-state index contributed by atoms with van der Waals surface area (Å²) in [6.07, 6.45) is 1.57. The molecule has 0 atom stereocenters. The van der Waals surface area contributed by atoms with E-state index in [0.717, 1.165) is 17.5 Å². The molecule has 108 valence electrons. The van der Waals surface area contributed by atoms with Crippen LogP contribution >= 0.6 is 11.8 Å². The summed E-state index contributed by atoms with van der Waals surface area (Å²) < 4.78 is 4.61. The van der Waals surface area contributed by atoms with Gasteiger partial charge in [-0.1, -0.05) is 0 Å². The normalized spacial score (nSPS) is 10.2. The SMILES string of the molecule is COC(=O)c1ccc([N+](=O)[O-])c(Sc2nccc(C)n2)c1. The van der Waals surface area contributed by atoms with Crippen LogP contribution in [-0.2, 0) is 4.74 Å². The Bertz CT molecular complexity index is 706. The van der Waals surface area contributed by atoms with Crippen LogP contribution in [-0.4, -0.2) is 28.0 Å². The molecule has 2 aromatic rings. The van der Waals surface area contributed by atoms with Crippen LogP contribution in [0.4, 0.5) is 5.69 Å². The summed E-state index contributed by atoms with van der Waals surface area (Å²) in [5, 5.41) is 11.4. The number of aryl methyl sites for hydroxylation is 1. The van der Waals surface area contributed by atoms with Crippen LogP contribution in [0.15, 0.2) is 40.5 Å². The lowest BCUT2D eigenvalue weighted by atomic mass is 10.2. The molecule has 0 fully saturated rings. The monoisotopic (exact) mass is 305 g/mol. The van der Waals surface area contributed by atoms with E-state index >= 15 is 0 Å². The number of hydrogen-bond acceptors (Lipinski definition) is 7. The minimum Gasteiger partial charge on any atom is -0.465 e. The van der Waals surface area contributed by atoms with Crippen molar-refractivity contribution in [3.8, 4) is 0 Å². The van der Waals surface area contributed by atoms with Gasteiger partial charge in [0.05, 0.1) is 22.5 Å². The number of aromatic nitrogens is 2. The van der Waals surface area contributed by atoms with Gasteiger partial charge < -0.3 is 4.74 Å². The lowest BCUT2D eigenvalue weighted by Crippen LogP contribution is -2.02. The van der Waals surface area contributed by atoms with Crippen molar-refractivity contribution in [2.45, 2.75) is 17.0 Å². The Hall–Kier alpha value is -2.48. The molecular formula is C13H11N3O4S. The predicted molar refractivity (Wildman–Crippen MR) is 75.3 cm³/mol. The number of nitrogens with zero attached hydrogens (tertiary/aromatic N) is 3. The van der Waals surface area contributed by atoms with E-state index in [9.17, 15) is 14.9 Å². The first kappa shape index (κ1) is 14.9. The number of ether oxygens (including phenoxy) is 1. The molecule has 0 N–H and O–H groups in total. The van der Waals surface area contributed by atoms with Gasteiger partial charge in [0.1, 0.15) is 0 Å². The third-order valence-electron chi connectivity index (χ3n) is 2.55. The number of benzene rings is 1. The number of nitro groups is 1. The molecule has 0 unspecified atom stereocenters. The van der Waals surface area contributed by atoms with Crippen LogP contribution in [0.25, 0.3) is 0 Å². The molecule has 0 bridgehead atoms. The van der Waals surface area contributed by atoms with E-state index in [2.05, 4.69) is 14.7 Å². The average Bonchev–Trinajstić information content (AvgIpc) is 2.46. The summed E-state index contributed by atoms with van der Waals surface area (Å²) in [7, 11) is 1.25. The standard InChI is InChI=1S/C13H11N3O4S/c1-8-5-6-14-13(15-8)21-11-7-9(12(17)20-2)3-4-10(11)16(18)19/h3-7H,1-2H3. The molecular weight excluding hydrogens is 294 g/mol. The molecule has 1 aromatic heterocycles. The fraction of sp³-hybridized carbons (Fsp3) is 0.154. The minimum atomic E-state index is -0.558. The molecule has 0 aliphatic carbocycles. The van der Waals surface area contributed by atoms with Crippen LogP contribution < -0.4 is 0 Å². The van der Waals surface area contributed by atoms with Gasteiger partial charge in [-0.25, -0.2) is 14.8 Å². The van der Waals surface area contributed by atoms with Crippen LogP contribution in [0.5, 0.6) is 0 Å². The van der Waals surface area contributed by atoms with Crippen LogP contribution in [0.2, 0.25) is 0 Å². The lowest BCUT2D eigenvalue weighted by molar-refractivity contribution is -0.387. The maximum Gasteiger partial charge on any atom is 0.337 e. The van der Waals surface area contributed by atoms with E-state index in [0.29, 0.717) is 5.16 Å². The van der Waals surface area contributed by atoms with Gasteiger partial charge in [0.2, 0.25) is 0 Å². The summed E-state index contributed by atoms with van der Waals surface area (Å²) in [5.74, 6) is -0.558. The molecule has 0 aliphatic heterocycles. The molecule has 8 heteroatoms. The van der Waals surface area contributed by atoms with Crippen molar-refractivity contribution < 1.29 is 14.5 Å². The van der Waals surface area contributed by atoms with Gasteiger partial charge in [0.15, 0.2) is 5.16 Å². The second-order valence-electron chi connectivity index (χ2n) is 4.01. The van der Waals surface area contributed by atoms with E-state index in [-0.39, 0.29) is 16.1 Å². The maximum absolute atomic E-state index is 11.5. The summed E-state index contributed by atoms with van der Waals surface area (Å²) >= 11 is 1.03. The Morgan fingerprint density at radius 1 is 1.38 bits per heavy atom. The highest BCUT2D eigenvalue weighted by Crippen LogP contribution is 2.33. The topological polar surface area (TPSA) is 95.2 Å². The predicted octanol–water partition coefficient (Wildman–Crippen LogP) is 2.63. The minimum absolute atomic E-state index is 0.113. The van der Waals surface area contributed by atoms with E-state index in [4.69, 9.17) is 0 Å². The molecule has 0 saturated carbocycles. The summed E-state index contributed by atoms with van der Waals surface area (Å²) in [6.45, 7) is 1.80. The summed E-state index contributed by atoms with van der Waals surface area (Å²) in [4.78, 5) is 30.6. The molecule has 1 heterocycles. The second-order valence-corrected chi connectivity index (χ2v) is 5.02. The first-order valence-corrected chi connectivity index (χ1v) is 6.67. The highest BCUT2D eigenvalue weighted by Gasteiger charge is 2.19. The average molecular weight is 305 g/mol. The van der Waals surface area contributed by atoms with E-state index < -0.39 is 10.9 Å². The van der Waals surface area contributed by atoms with Gasteiger partial charge in [0, 0.05) is 18.0 Å². The lowest BCUT2D eigenvalue weighted by Gasteiger charge is -2.05. The molecule has 0 spiro atoms. The second kappa shape index (κ2) is 6.31. The molecule has 21 heavy (non-hydrogen) atoms. The molecule has 1 aromatic carbocycles. The van der Waals surface area contributed by atoms with Crippen molar-refractivity contribution in [2.75, 3.05) is 7.11 Å². The Morgan fingerprint density at radius 2 is 2.14 bits per heavy atom. The van der Waals surface area contributed by atoms with Crippen molar-refractivity contribution in [1.82, 2.24) is 9.97 Å². The van der Waals surface area contributed by atoms with Gasteiger partial charge in [-0.3, -0.25) is 10.1 Å². The van der Waals surface area contributed by atoms with Gasteiger partial charge in [-0.15, -0.1) is 0 Å². The highest BCUT2D eigenvalue weighted by atomic mass is 32.2. The largest absolute Gasteiger partial charge is 0.465 e. The van der Waals surface area contributed by atoms with Gasteiger partial charge >= 0.3 is 5.97 Å². The maximum atomic E-state index is 11.5. The number of esters is 1. The smallest absolute Gasteiger partial charge is 0.337 e. The number of rotatable bonds is 4. The molecule has 0 radical (unpaired) electrons. The molecule has 7 nitrogen and oxygen atoms in total. The zero-order valence-corrected chi connectivity index (χ0v) is 12.1. The van der Waals surface area contributed by atoms with E-state index in [1.807, 2.05) is 0 Å². The number of carbonyl (C=O) groups is 1. The fourth-order valence-corrected chi connectivity index (χ4v) is 2.50. The quantitative estimate of drug-likeness (QED) is 0.371. The highest BCUT2D eigenvalue weighted by molar-refractivity contribution is 7.99. The Labute approximate surface area is 124 Å². The van der Waals surface area contributed by atoms with Gasteiger partial charge in [-0.2, -0.15) is 0 Å². The fourth-order valence-electron chi connectivity index (χ4n) is 1.56. The first-order chi connectivity index (χ1) is 10.0. The van der Waals surface area contributed by atoms with Gasteiger partial charge in [0.25, 0.3) is 5.69 Å². The molecule has 2 rings (SSSR count). The zero-order valence-electron chi connectivity index (χ0n) is 11.3. The number of hydrogen-bond donors (Lipinski definition) is 0. The molecule has 0 aliphatic rings. The van der Waals surface area contributed by atoms with Crippen LogP contribution in [0.3, 0.4) is 0 Å². The Kier molecular flexibility index (Phi) is 4.49. The number of nitro benzene ring substituents is 1. The van der Waals surface area contributed by atoms with Crippen molar-refractivity contribution in [1.29, 1.82) is 0 Å². The Morgan fingerprint density at radius 3 is 2.76 bits per heavy atom. The van der Waals surface area contributed by atoms with Crippen molar-refractivity contribution >= 4 is 23.4 Å². The van der Waals surface area contributed by atoms with Crippen molar-refractivity contribution in [3.05, 3.63) is 51.8 Å². The zero-order chi connectivity index (χ0) is 15.4. The third kappa shape index (κ3) is 3.54. The third-order valence-corrected chi connectivity index (χ3v) is 3.48. The van der Waals surface area contributed by atoms with Crippen molar-refractivity contribution in [3.63, 3.8) is 0 Å². The number of carbonyl (C=O) groups excluding carboxylic acids is 1.